The molecule has 0 bridgehead atoms. The van der Waals surface area contributed by atoms with Gasteiger partial charge in [-0.05, 0) is 22.4 Å². The van der Waals surface area contributed by atoms with Gasteiger partial charge in [0, 0.05) is 23.7 Å². The van der Waals surface area contributed by atoms with Gasteiger partial charge in [-0.1, -0.05) is 0 Å². The quantitative estimate of drug-likeness (QED) is 0.279. The Bertz CT molecular complexity index is 1200. The molecular weight excluding hydrogens is 454 g/mol. The van der Waals surface area contributed by atoms with Crippen LogP contribution in [0.15, 0.2) is 29.0 Å². The van der Waals surface area contributed by atoms with E-state index in [1.165, 1.54) is 12.1 Å². The van der Waals surface area contributed by atoms with Crippen LogP contribution in [0.4, 0.5) is 19.9 Å². The molecule has 3 aromatic heterocycles. The van der Waals surface area contributed by atoms with E-state index in [-0.39, 0.29) is 30.0 Å². The van der Waals surface area contributed by atoms with E-state index in [9.17, 15) is 13.6 Å². The number of nitrogens with zero attached hydrogens (tertiary/aromatic N) is 3. The van der Waals surface area contributed by atoms with E-state index < -0.39 is 12.2 Å². The molecule has 4 aromatic rings. The van der Waals surface area contributed by atoms with E-state index in [4.69, 9.17) is 4.74 Å². The Labute approximate surface area is 180 Å². The first-order chi connectivity index (χ1) is 14.9. The predicted molar refractivity (Wildman–Crippen MR) is 108 cm³/mol. The van der Waals surface area contributed by atoms with Gasteiger partial charge in [-0.25, -0.2) is 4.98 Å². The number of rotatable bonds is 7. The van der Waals surface area contributed by atoms with Crippen LogP contribution in [0.2, 0.25) is 0 Å². The molecule has 160 valence electrons. The first-order valence-electron chi connectivity index (χ1n) is 8.72. The standard InChI is InChI=1S/C17H12F2N6O4S2/c18-17(19)28-11-3-9-10(4-12(11)29-17)22-15(21-9)24-14(26)13-23-16(31-25-13)20-7-27-5-8-1-2-30-6-8/h1-4,6H,5,7H2,(H,20,23,25)(H2,21,22,24,26). The molecule has 0 aliphatic carbocycles. The van der Waals surface area contributed by atoms with Crippen molar-refractivity contribution in [1.82, 2.24) is 19.3 Å². The summed E-state index contributed by atoms with van der Waals surface area (Å²) in [6.07, 6.45) is -3.71. The second-order valence-corrected chi connectivity index (χ2v) is 7.78. The number of hydrogen-bond acceptors (Lipinski definition) is 10. The number of fused-ring (bicyclic) bond motifs is 2. The Morgan fingerprint density at radius 1 is 1.26 bits per heavy atom. The fourth-order valence-electron chi connectivity index (χ4n) is 2.72. The average molecular weight is 466 g/mol. The van der Waals surface area contributed by atoms with E-state index in [0.717, 1.165) is 17.1 Å². The highest BCUT2D eigenvalue weighted by Gasteiger charge is 2.43. The number of hydrogen-bond donors (Lipinski definition) is 3. The molecule has 10 nitrogen and oxygen atoms in total. The average Bonchev–Trinajstić information content (AvgIpc) is 3.48. The lowest BCUT2D eigenvalue weighted by Crippen LogP contribution is -2.25. The first-order valence-corrected chi connectivity index (χ1v) is 10.4. The third-order valence-corrected chi connectivity index (χ3v) is 5.45. The van der Waals surface area contributed by atoms with Crippen LogP contribution in [0.3, 0.4) is 0 Å². The molecule has 14 heteroatoms. The minimum absolute atomic E-state index is 0.0559. The van der Waals surface area contributed by atoms with Gasteiger partial charge in [0.2, 0.25) is 16.9 Å². The summed E-state index contributed by atoms with van der Waals surface area (Å²) in [5.41, 5.74) is 1.77. The molecule has 31 heavy (non-hydrogen) atoms. The van der Waals surface area contributed by atoms with E-state index >= 15 is 0 Å². The highest BCUT2D eigenvalue weighted by atomic mass is 32.1. The van der Waals surface area contributed by atoms with Crippen molar-refractivity contribution >= 4 is 50.9 Å². The normalized spacial score (nSPS) is 14.1. The van der Waals surface area contributed by atoms with Gasteiger partial charge < -0.3 is 24.5 Å². The lowest BCUT2D eigenvalue weighted by atomic mass is 10.3. The zero-order valence-electron chi connectivity index (χ0n) is 15.3. The van der Waals surface area contributed by atoms with Crippen LogP contribution in [-0.2, 0) is 11.3 Å². The lowest BCUT2D eigenvalue weighted by molar-refractivity contribution is -0.286. The number of carbonyl (C=O) groups is 1. The molecule has 1 aliphatic rings. The van der Waals surface area contributed by atoms with Gasteiger partial charge in [0.1, 0.15) is 6.73 Å². The number of aromatic amines is 1. The summed E-state index contributed by atoms with van der Waals surface area (Å²) in [5, 5.41) is 9.85. The van der Waals surface area contributed by atoms with Crippen molar-refractivity contribution in [2.24, 2.45) is 0 Å². The fraction of sp³-hybridized carbons (Fsp3) is 0.176. The Balaban J connectivity index is 1.19. The van der Waals surface area contributed by atoms with Crippen LogP contribution in [0.25, 0.3) is 11.0 Å². The zero-order chi connectivity index (χ0) is 21.4. The number of carbonyl (C=O) groups excluding carboxylic acids is 1. The van der Waals surface area contributed by atoms with E-state index in [0.29, 0.717) is 22.8 Å². The molecule has 0 fully saturated rings. The van der Waals surface area contributed by atoms with Gasteiger partial charge in [0.25, 0.3) is 5.91 Å². The van der Waals surface area contributed by atoms with Crippen molar-refractivity contribution < 1.29 is 27.8 Å². The SMILES string of the molecule is O=C(Nc1nc2cc3c(cc2[nH]1)OC(F)(F)O3)c1nsc(NCOCc2ccsc2)n1. The summed E-state index contributed by atoms with van der Waals surface area (Å²) in [6, 6.07) is 4.57. The second kappa shape index (κ2) is 7.72. The van der Waals surface area contributed by atoms with Gasteiger partial charge in [0.05, 0.1) is 17.6 Å². The van der Waals surface area contributed by atoms with Crippen LogP contribution in [-0.4, -0.2) is 38.3 Å². The third kappa shape index (κ3) is 4.26. The molecule has 0 spiro atoms. The van der Waals surface area contributed by atoms with Crippen molar-refractivity contribution in [2.75, 3.05) is 17.4 Å². The number of amides is 1. The molecule has 1 aliphatic heterocycles. The van der Waals surface area contributed by atoms with Gasteiger partial charge in [-0.2, -0.15) is 20.7 Å². The Hall–Kier alpha value is -3.36. The van der Waals surface area contributed by atoms with Crippen molar-refractivity contribution in [2.45, 2.75) is 12.9 Å². The number of ether oxygens (including phenoxy) is 3. The van der Waals surface area contributed by atoms with Gasteiger partial charge >= 0.3 is 6.29 Å². The summed E-state index contributed by atoms with van der Waals surface area (Å²) in [6.45, 7) is 0.676. The Morgan fingerprint density at radius 2 is 2.10 bits per heavy atom. The second-order valence-electron chi connectivity index (χ2n) is 6.25. The lowest BCUT2D eigenvalue weighted by Gasteiger charge is -2.04. The number of halogens is 2. The maximum absolute atomic E-state index is 13.1. The monoisotopic (exact) mass is 466 g/mol. The van der Waals surface area contributed by atoms with Crippen LogP contribution in [0, 0.1) is 0 Å². The van der Waals surface area contributed by atoms with Crippen molar-refractivity contribution in [1.29, 1.82) is 0 Å². The summed E-state index contributed by atoms with van der Waals surface area (Å²) < 4.78 is 44.6. The predicted octanol–water partition coefficient (Wildman–Crippen LogP) is 3.64. The molecule has 3 N–H and O–H groups in total. The number of nitrogens with one attached hydrogen (secondary N) is 3. The largest absolute Gasteiger partial charge is 0.586 e. The molecule has 0 saturated heterocycles. The van der Waals surface area contributed by atoms with E-state index in [2.05, 4.69) is 39.4 Å². The summed E-state index contributed by atoms with van der Waals surface area (Å²) in [5.74, 6) is -0.815. The summed E-state index contributed by atoms with van der Waals surface area (Å²) >= 11 is 2.60. The minimum atomic E-state index is -3.71. The van der Waals surface area contributed by atoms with Crippen LogP contribution in [0.1, 0.15) is 16.2 Å². The summed E-state index contributed by atoms with van der Waals surface area (Å²) in [7, 11) is 0. The highest BCUT2D eigenvalue weighted by molar-refractivity contribution is 7.09. The van der Waals surface area contributed by atoms with Gasteiger partial charge in [0.15, 0.2) is 11.5 Å². The number of thiophene rings is 1. The van der Waals surface area contributed by atoms with E-state index in [1.54, 1.807) is 11.3 Å². The van der Waals surface area contributed by atoms with Crippen LogP contribution >= 0.6 is 22.9 Å². The number of H-pyrrole nitrogens is 1. The van der Waals surface area contributed by atoms with Crippen molar-refractivity contribution in [3.63, 3.8) is 0 Å². The van der Waals surface area contributed by atoms with Gasteiger partial charge in [-0.3, -0.25) is 10.1 Å². The molecule has 1 aromatic carbocycles. The number of anilines is 2. The molecule has 4 heterocycles. The van der Waals surface area contributed by atoms with Crippen molar-refractivity contribution in [3.8, 4) is 11.5 Å². The number of aromatic nitrogens is 4. The van der Waals surface area contributed by atoms with Crippen molar-refractivity contribution in [3.05, 3.63) is 40.3 Å². The topological polar surface area (TPSA) is 123 Å². The first kappa shape index (κ1) is 19.6. The molecule has 0 atom stereocenters. The number of benzene rings is 1. The van der Waals surface area contributed by atoms with Crippen LogP contribution in [0.5, 0.6) is 11.5 Å². The maximum Gasteiger partial charge on any atom is 0.586 e. The van der Waals surface area contributed by atoms with E-state index in [1.807, 2.05) is 16.8 Å². The van der Waals surface area contributed by atoms with Gasteiger partial charge in [-0.15, -0.1) is 8.78 Å². The Morgan fingerprint density at radius 3 is 2.90 bits per heavy atom. The van der Waals surface area contributed by atoms with Crippen LogP contribution < -0.4 is 20.1 Å². The summed E-state index contributed by atoms with van der Waals surface area (Å²) in [4.78, 5) is 23.4. The molecule has 5 rings (SSSR count). The molecular formula is C17H12F2N6O4S2. The third-order valence-electron chi connectivity index (χ3n) is 4.04. The number of alkyl halides is 2. The minimum Gasteiger partial charge on any atom is -0.395 e. The smallest absolute Gasteiger partial charge is 0.395 e. The highest BCUT2D eigenvalue weighted by Crippen LogP contribution is 2.42. The molecule has 0 unspecified atom stereocenters. The number of imidazole rings is 1. The fourth-order valence-corrected chi connectivity index (χ4v) is 3.92. The zero-order valence-corrected chi connectivity index (χ0v) is 17.0. The Kier molecular flexibility index (Phi) is 4.88. The maximum atomic E-state index is 13.1. The molecule has 1 amide bonds. The molecule has 0 radical (unpaired) electrons. The molecule has 0 saturated carbocycles.